The summed E-state index contributed by atoms with van der Waals surface area (Å²) in [5, 5.41) is 4.60. The third kappa shape index (κ3) is 4.05. The summed E-state index contributed by atoms with van der Waals surface area (Å²) in [6, 6.07) is 11.6. The van der Waals surface area contributed by atoms with Crippen molar-refractivity contribution in [1.82, 2.24) is 19.6 Å². The van der Waals surface area contributed by atoms with Gasteiger partial charge in [0.1, 0.15) is 0 Å². The Labute approximate surface area is 146 Å². The van der Waals surface area contributed by atoms with E-state index in [2.05, 4.69) is 66.2 Å². The van der Waals surface area contributed by atoms with Gasteiger partial charge in [-0.2, -0.15) is 5.10 Å². The number of aryl methyl sites for hydroxylation is 2. The van der Waals surface area contributed by atoms with Gasteiger partial charge in [0.15, 0.2) is 0 Å². The Bertz CT molecular complexity index is 676. The average molecular weight is 326 g/mol. The summed E-state index contributed by atoms with van der Waals surface area (Å²) in [6.07, 6.45) is 3.98. The molecule has 3 rings (SSSR count). The second-order valence-corrected chi connectivity index (χ2v) is 7.31. The van der Waals surface area contributed by atoms with E-state index < -0.39 is 0 Å². The number of hydrogen-bond acceptors (Lipinski definition) is 3. The molecule has 0 amide bonds. The van der Waals surface area contributed by atoms with Gasteiger partial charge in [0.25, 0.3) is 0 Å². The molecule has 0 saturated carbocycles. The van der Waals surface area contributed by atoms with Gasteiger partial charge >= 0.3 is 0 Å². The SMILES string of the molecule is Cc1cc(C)n(-c2cccc(CN(C)CCC3CCCN3C)c2)n1. The Morgan fingerprint density at radius 2 is 2.08 bits per heavy atom. The lowest BCUT2D eigenvalue weighted by atomic mass is 10.1. The molecule has 1 fully saturated rings. The summed E-state index contributed by atoms with van der Waals surface area (Å²) in [5.74, 6) is 0. The van der Waals surface area contributed by atoms with Crippen LogP contribution in [0.1, 0.15) is 36.2 Å². The van der Waals surface area contributed by atoms with Crippen molar-refractivity contribution in [3.05, 3.63) is 47.3 Å². The molecule has 2 aromatic rings. The highest BCUT2D eigenvalue weighted by Crippen LogP contribution is 2.19. The molecule has 4 nitrogen and oxygen atoms in total. The molecule has 1 aliphatic rings. The summed E-state index contributed by atoms with van der Waals surface area (Å²) in [4.78, 5) is 4.95. The van der Waals surface area contributed by atoms with Crippen LogP contribution in [-0.2, 0) is 6.54 Å². The Morgan fingerprint density at radius 1 is 1.25 bits per heavy atom. The minimum atomic E-state index is 0.772. The van der Waals surface area contributed by atoms with E-state index in [1.807, 2.05) is 11.6 Å². The zero-order valence-corrected chi connectivity index (χ0v) is 15.5. The molecule has 0 N–H and O–H groups in total. The predicted octanol–water partition coefficient (Wildman–Crippen LogP) is 3.41. The summed E-state index contributed by atoms with van der Waals surface area (Å²) >= 11 is 0. The van der Waals surface area contributed by atoms with E-state index in [1.54, 1.807) is 0 Å². The predicted molar refractivity (Wildman–Crippen MR) is 99.6 cm³/mol. The largest absolute Gasteiger partial charge is 0.303 e. The van der Waals surface area contributed by atoms with Crippen LogP contribution in [-0.4, -0.2) is 52.8 Å². The Balaban J connectivity index is 1.61. The smallest absolute Gasteiger partial charge is 0.0651 e. The molecule has 24 heavy (non-hydrogen) atoms. The second-order valence-electron chi connectivity index (χ2n) is 7.31. The summed E-state index contributed by atoms with van der Waals surface area (Å²) in [5.41, 5.74) is 4.75. The number of hydrogen-bond donors (Lipinski definition) is 0. The van der Waals surface area contributed by atoms with E-state index in [1.165, 1.54) is 37.1 Å². The van der Waals surface area contributed by atoms with Crippen LogP contribution in [0, 0.1) is 13.8 Å². The highest BCUT2D eigenvalue weighted by atomic mass is 15.3. The van der Waals surface area contributed by atoms with Crippen LogP contribution in [0.3, 0.4) is 0 Å². The van der Waals surface area contributed by atoms with Crippen molar-refractivity contribution in [1.29, 1.82) is 0 Å². The molecule has 0 aliphatic carbocycles. The average Bonchev–Trinajstić information content (AvgIpc) is 3.10. The Morgan fingerprint density at radius 3 is 2.75 bits per heavy atom. The van der Waals surface area contributed by atoms with E-state index in [0.717, 1.165) is 30.5 Å². The van der Waals surface area contributed by atoms with Crippen LogP contribution < -0.4 is 0 Å². The normalized spacial score (nSPS) is 18.6. The van der Waals surface area contributed by atoms with Crippen LogP contribution in [0.15, 0.2) is 30.3 Å². The van der Waals surface area contributed by atoms with E-state index in [-0.39, 0.29) is 0 Å². The number of likely N-dealkylation sites (tertiary alicyclic amines) is 1. The van der Waals surface area contributed by atoms with Gasteiger partial charge in [-0.05, 0) is 84.1 Å². The number of benzene rings is 1. The molecule has 1 unspecified atom stereocenters. The second kappa shape index (κ2) is 7.49. The zero-order valence-electron chi connectivity index (χ0n) is 15.5. The fourth-order valence-electron chi connectivity index (χ4n) is 3.78. The monoisotopic (exact) mass is 326 g/mol. The molecule has 0 spiro atoms. The molecule has 0 radical (unpaired) electrons. The van der Waals surface area contributed by atoms with Crippen LogP contribution in [0.5, 0.6) is 0 Å². The summed E-state index contributed by atoms with van der Waals surface area (Å²) in [6.45, 7) is 7.56. The molecule has 2 heterocycles. The third-order valence-corrected chi connectivity index (χ3v) is 5.13. The van der Waals surface area contributed by atoms with Gasteiger partial charge in [0, 0.05) is 18.3 Å². The van der Waals surface area contributed by atoms with E-state index in [4.69, 9.17) is 0 Å². The fourth-order valence-corrected chi connectivity index (χ4v) is 3.78. The lowest BCUT2D eigenvalue weighted by Crippen LogP contribution is -2.30. The van der Waals surface area contributed by atoms with Gasteiger partial charge in [-0.1, -0.05) is 12.1 Å². The minimum absolute atomic E-state index is 0.772. The molecule has 1 aromatic carbocycles. The first-order valence-corrected chi connectivity index (χ1v) is 9.04. The lowest BCUT2D eigenvalue weighted by Gasteiger charge is -2.23. The summed E-state index contributed by atoms with van der Waals surface area (Å²) in [7, 11) is 4.49. The lowest BCUT2D eigenvalue weighted by molar-refractivity contribution is 0.245. The van der Waals surface area contributed by atoms with Gasteiger partial charge in [-0.15, -0.1) is 0 Å². The molecule has 1 aromatic heterocycles. The third-order valence-electron chi connectivity index (χ3n) is 5.13. The highest BCUT2D eigenvalue weighted by molar-refractivity contribution is 5.37. The van der Waals surface area contributed by atoms with Gasteiger partial charge in [0.2, 0.25) is 0 Å². The van der Waals surface area contributed by atoms with E-state index >= 15 is 0 Å². The van der Waals surface area contributed by atoms with E-state index in [0.29, 0.717) is 0 Å². The van der Waals surface area contributed by atoms with Crippen LogP contribution in [0.25, 0.3) is 5.69 Å². The van der Waals surface area contributed by atoms with Crippen molar-refractivity contribution in [2.45, 2.75) is 45.7 Å². The maximum absolute atomic E-state index is 4.60. The maximum atomic E-state index is 4.60. The quantitative estimate of drug-likeness (QED) is 0.813. The van der Waals surface area contributed by atoms with Crippen molar-refractivity contribution >= 4 is 0 Å². The van der Waals surface area contributed by atoms with Gasteiger partial charge in [-0.25, -0.2) is 4.68 Å². The van der Waals surface area contributed by atoms with Crippen LogP contribution >= 0.6 is 0 Å². The maximum Gasteiger partial charge on any atom is 0.0651 e. The molecule has 130 valence electrons. The molecular formula is C20H30N4. The molecule has 1 aliphatic heterocycles. The Kier molecular flexibility index (Phi) is 5.36. The molecule has 0 bridgehead atoms. The van der Waals surface area contributed by atoms with Crippen LogP contribution in [0.2, 0.25) is 0 Å². The number of aromatic nitrogens is 2. The van der Waals surface area contributed by atoms with E-state index in [9.17, 15) is 0 Å². The molecule has 1 saturated heterocycles. The number of nitrogens with zero attached hydrogens (tertiary/aromatic N) is 4. The van der Waals surface area contributed by atoms with Crippen molar-refractivity contribution in [3.63, 3.8) is 0 Å². The molecule has 1 atom stereocenters. The standard InChI is InChI=1S/C20H30N4/c1-16-13-17(2)24(21-16)20-8-5-7-18(14-20)15-22(3)12-10-19-9-6-11-23(19)4/h5,7-8,13-14,19H,6,9-12,15H2,1-4H3. The Hall–Kier alpha value is -1.65. The minimum Gasteiger partial charge on any atom is -0.303 e. The first-order chi connectivity index (χ1) is 11.5. The highest BCUT2D eigenvalue weighted by Gasteiger charge is 2.20. The van der Waals surface area contributed by atoms with Gasteiger partial charge in [-0.3, -0.25) is 0 Å². The number of rotatable bonds is 6. The van der Waals surface area contributed by atoms with Crippen LogP contribution in [0.4, 0.5) is 0 Å². The van der Waals surface area contributed by atoms with Crippen molar-refractivity contribution < 1.29 is 0 Å². The zero-order chi connectivity index (χ0) is 17.1. The first-order valence-electron chi connectivity index (χ1n) is 9.04. The van der Waals surface area contributed by atoms with Crippen molar-refractivity contribution in [2.24, 2.45) is 0 Å². The molecular weight excluding hydrogens is 296 g/mol. The first kappa shape index (κ1) is 17.2. The van der Waals surface area contributed by atoms with Gasteiger partial charge in [0.05, 0.1) is 11.4 Å². The molecule has 4 heteroatoms. The fraction of sp³-hybridized carbons (Fsp3) is 0.550. The summed E-state index contributed by atoms with van der Waals surface area (Å²) < 4.78 is 2.03. The topological polar surface area (TPSA) is 24.3 Å². The van der Waals surface area contributed by atoms with Crippen molar-refractivity contribution in [2.75, 3.05) is 27.2 Å². The van der Waals surface area contributed by atoms with Crippen molar-refractivity contribution in [3.8, 4) is 5.69 Å². The van der Waals surface area contributed by atoms with Gasteiger partial charge < -0.3 is 9.80 Å².